The first kappa shape index (κ1) is 32.6. The van der Waals surface area contributed by atoms with Crippen LogP contribution >= 0.6 is 0 Å². The number of benzene rings is 2. The molecule has 0 bridgehead atoms. The van der Waals surface area contributed by atoms with Gasteiger partial charge in [-0.15, -0.1) is 0 Å². The maximum atomic E-state index is 13.4. The highest BCUT2D eigenvalue weighted by molar-refractivity contribution is 5.72. The minimum atomic E-state index is -0.726. The Balaban J connectivity index is 0.928. The van der Waals surface area contributed by atoms with E-state index in [0.717, 1.165) is 94.4 Å². The summed E-state index contributed by atoms with van der Waals surface area (Å²) >= 11 is 0. The van der Waals surface area contributed by atoms with E-state index in [1.54, 1.807) is 0 Å². The number of nitrogens with one attached hydrogen (secondary N) is 1. The Bertz CT molecular complexity index is 1820. The summed E-state index contributed by atoms with van der Waals surface area (Å²) in [5, 5.41) is 11.4. The Morgan fingerprint density at radius 2 is 1.44 bits per heavy atom. The SMILES string of the molecule is N=c1n(CCCOC2=CCC(F)CC2)c2c(n1Cc1ccc(CN3CCN(CC4=C(c5ccccc5)CCC=C4)CC3)cc1)=CCCC=2. The van der Waals surface area contributed by atoms with Gasteiger partial charge in [0.15, 0.2) is 0 Å². The minimum Gasteiger partial charge on any atom is -0.498 e. The summed E-state index contributed by atoms with van der Waals surface area (Å²) in [7, 11) is 0. The largest absolute Gasteiger partial charge is 0.498 e. The molecular weight excluding hydrogens is 597 g/mol. The Morgan fingerprint density at radius 1 is 0.750 bits per heavy atom. The van der Waals surface area contributed by atoms with Crippen molar-refractivity contribution in [3.05, 3.63) is 117 Å². The van der Waals surface area contributed by atoms with Crippen molar-refractivity contribution in [2.24, 2.45) is 0 Å². The van der Waals surface area contributed by atoms with E-state index in [4.69, 9.17) is 10.1 Å². The lowest BCUT2D eigenvalue weighted by molar-refractivity contribution is 0.135. The van der Waals surface area contributed by atoms with Gasteiger partial charge in [-0.2, -0.15) is 0 Å². The van der Waals surface area contributed by atoms with Gasteiger partial charge in [-0.05, 0) is 72.4 Å². The van der Waals surface area contributed by atoms with E-state index in [1.807, 2.05) is 6.08 Å². The number of rotatable bonds is 12. The molecule has 6 nitrogen and oxygen atoms in total. The van der Waals surface area contributed by atoms with E-state index < -0.39 is 6.17 Å². The smallest absolute Gasteiger partial charge is 0.203 e. The van der Waals surface area contributed by atoms with Crippen LogP contribution in [0.5, 0.6) is 0 Å². The predicted octanol–water partition coefficient (Wildman–Crippen LogP) is 5.91. The van der Waals surface area contributed by atoms with Crippen LogP contribution in [0, 0.1) is 5.41 Å². The molecule has 1 unspecified atom stereocenters. The molecule has 1 atom stereocenters. The molecule has 7 rings (SSSR count). The molecule has 0 spiro atoms. The lowest BCUT2D eigenvalue weighted by Gasteiger charge is -2.35. The zero-order valence-corrected chi connectivity index (χ0v) is 28.3. The topological polar surface area (TPSA) is 49.4 Å². The Hall–Kier alpha value is -3.94. The minimum absolute atomic E-state index is 0.466. The van der Waals surface area contributed by atoms with Crippen LogP contribution in [0.25, 0.3) is 17.7 Å². The molecule has 2 aromatic carbocycles. The third-order valence-corrected chi connectivity index (χ3v) is 10.3. The van der Waals surface area contributed by atoms with Gasteiger partial charge < -0.3 is 13.9 Å². The zero-order chi connectivity index (χ0) is 32.7. The fraction of sp³-hybridized carbons (Fsp3) is 0.439. The summed E-state index contributed by atoms with van der Waals surface area (Å²) in [5.41, 5.74) is 7.49. The molecule has 3 aliphatic carbocycles. The number of halogens is 1. The highest BCUT2D eigenvalue weighted by Gasteiger charge is 2.20. The van der Waals surface area contributed by atoms with Crippen molar-refractivity contribution in [3.63, 3.8) is 0 Å². The van der Waals surface area contributed by atoms with Gasteiger partial charge in [-0.1, -0.05) is 78.9 Å². The molecule has 252 valence electrons. The van der Waals surface area contributed by atoms with Crippen LogP contribution < -0.4 is 16.3 Å². The fourth-order valence-electron chi connectivity index (χ4n) is 7.61. The molecule has 7 heteroatoms. The third kappa shape index (κ3) is 7.85. The predicted molar refractivity (Wildman–Crippen MR) is 192 cm³/mol. The number of hydrogen-bond acceptors (Lipinski definition) is 4. The second-order valence-corrected chi connectivity index (χ2v) is 13.7. The molecular formula is C41H50FN5O. The number of imidazole rings is 1. The molecule has 1 N–H and O–H groups in total. The summed E-state index contributed by atoms with van der Waals surface area (Å²) in [6.45, 7) is 8.42. The molecule has 4 aliphatic rings. The standard InChI is InChI=1S/C41H50FN5O/c42-36-19-21-37(22-20-36)48-28-8-23-46-39-13-6-7-14-40(39)47(41(46)43)30-33-17-15-32(16-18-33)29-44-24-26-45(27-25-44)31-35-11-4-5-12-38(35)34-9-2-1-3-10-34/h1-4,9-11,13-18,21,36,43H,5-8,12,19-20,22-31H2. The van der Waals surface area contributed by atoms with Gasteiger partial charge in [0.2, 0.25) is 5.62 Å². The first-order valence-corrected chi connectivity index (χ1v) is 18.1. The second kappa shape index (κ2) is 15.5. The molecule has 3 aromatic rings. The highest BCUT2D eigenvalue weighted by Crippen LogP contribution is 2.29. The van der Waals surface area contributed by atoms with Gasteiger partial charge in [0.05, 0.1) is 29.6 Å². The van der Waals surface area contributed by atoms with Gasteiger partial charge in [0, 0.05) is 58.7 Å². The summed E-state index contributed by atoms with van der Waals surface area (Å²) in [6.07, 6.45) is 17.3. The first-order valence-electron chi connectivity index (χ1n) is 18.1. The molecule has 1 aliphatic heterocycles. The Morgan fingerprint density at radius 3 is 2.15 bits per heavy atom. The number of ether oxygens (including phenoxy) is 1. The van der Waals surface area contributed by atoms with Crippen LogP contribution in [-0.4, -0.2) is 64.4 Å². The Kier molecular flexibility index (Phi) is 10.5. The van der Waals surface area contributed by atoms with E-state index in [0.29, 0.717) is 38.0 Å². The van der Waals surface area contributed by atoms with Gasteiger partial charge in [0.25, 0.3) is 0 Å². The number of alkyl halides is 1. The van der Waals surface area contributed by atoms with E-state index in [1.165, 1.54) is 27.8 Å². The molecule has 1 fully saturated rings. The van der Waals surface area contributed by atoms with Crippen LogP contribution in [0.3, 0.4) is 0 Å². The average Bonchev–Trinajstić information content (AvgIpc) is 3.39. The van der Waals surface area contributed by atoms with Crippen molar-refractivity contribution in [2.75, 3.05) is 39.3 Å². The van der Waals surface area contributed by atoms with Crippen LogP contribution in [0.15, 0.2) is 84.2 Å². The average molecular weight is 648 g/mol. The second-order valence-electron chi connectivity index (χ2n) is 13.7. The highest BCUT2D eigenvalue weighted by atomic mass is 19.1. The molecule has 1 saturated heterocycles. The normalized spacial score (nSPS) is 20.2. The first-order chi connectivity index (χ1) is 23.6. The summed E-state index contributed by atoms with van der Waals surface area (Å²) < 4.78 is 23.7. The lowest BCUT2D eigenvalue weighted by Crippen LogP contribution is -2.46. The molecule has 0 saturated carbocycles. The number of piperazine rings is 1. The van der Waals surface area contributed by atoms with Gasteiger partial charge in [-0.3, -0.25) is 15.2 Å². The Labute approximate surface area is 284 Å². The molecule has 2 heterocycles. The zero-order valence-electron chi connectivity index (χ0n) is 28.3. The van der Waals surface area contributed by atoms with E-state index in [2.05, 4.69) is 97.8 Å². The number of nitrogens with zero attached hydrogens (tertiary/aromatic N) is 4. The van der Waals surface area contributed by atoms with E-state index in [9.17, 15) is 4.39 Å². The van der Waals surface area contributed by atoms with Crippen molar-refractivity contribution in [1.29, 1.82) is 5.41 Å². The molecule has 1 aromatic heterocycles. The summed E-state index contributed by atoms with van der Waals surface area (Å²) in [6, 6.07) is 20.0. The maximum Gasteiger partial charge on any atom is 0.203 e. The third-order valence-electron chi connectivity index (χ3n) is 10.3. The van der Waals surface area contributed by atoms with Crippen molar-refractivity contribution in [3.8, 4) is 0 Å². The molecule has 0 radical (unpaired) electrons. The monoisotopic (exact) mass is 647 g/mol. The van der Waals surface area contributed by atoms with Gasteiger partial charge in [0.1, 0.15) is 6.17 Å². The van der Waals surface area contributed by atoms with E-state index in [-0.39, 0.29) is 0 Å². The van der Waals surface area contributed by atoms with E-state index >= 15 is 0 Å². The van der Waals surface area contributed by atoms with Crippen LogP contribution in [-0.2, 0) is 24.4 Å². The quantitative estimate of drug-likeness (QED) is 0.249. The van der Waals surface area contributed by atoms with Crippen LogP contribution in [0.2, 0.25) is 0 Å². The number of aromatic nitrogens is 2. The van der Waals surface area contributed by atoms with Crippen molar-refractivity contribution < 1.29 is 9.13 Å². The van der Waals surface area contributed by atoms with Crippen LogP contribution in [0.4, 0.5) is 4.39 Å². The van der Waals surface area contributed by atoms with Crippen molar-refractivity contribution >= 4 is 17.7 Å². The lowest BCUT2D eigenvalue weighted by atomic mass is 9.91. The number of fused-ring (bicyclic) bond motifs is 1. The van der Waals surface area contributed by atoms with Crippen molar-refractivity contribution in [2.45, 2.75) is 77.2 Å². The molecule has 48 heavy (non-hydrogen) atoms. The summed E-state index contributed by atoms with van der Waals surface area (Å²) in [5.74, 6) is 0.924. The molecule has 0 amide bonds. The van der Waals surface area contributed by atoms with Crippen LogP contribution in [0.1, 0.15) is 68.1 Å². The number of hydrogen-bond donors (Lipinski definition) is 1. The van der Waals surface area contributed by atoms with Crippen molar-refractivity contribution in [1.82, 2.24) is 18.9 Å². The van der Waals surface area contributed by atoms with Gasteiger partial charge >= 0.3 is 0 Å². The number of allylic oxidation sites excluding steroid dienone is 4. The maximum absolute atomic E-state index is 13.4. The van der Waals surface area contributed by atoms with Gasteiger partial charge in [-0.25, -0.2) is 4.39 Å². The fourth-order valence-corrected chi connectivity index (χ4v) is 7.61. The summed E-state index contributed by atoms with van der Waals surface area (Å²) in [4.78, 5) is 5.20.